The van der Waals surface area contributed by atoms with Crippen LogP contribution in [0.3, 0.4) is 0 Å². The molecule has 0 unspecified atom stereocenters. The van der Waals surface area contributed by atoms with Gasteiger partial charge in [-0.15, -0.1) is 22.7 Å². The zero-order valence-electron chi connectivity index (χ0n) is 14.9. The van der Waals surface area contributed by atoms with Crippen molar-refractivity contribution in [2.24, 2.45) is 0 Å². The maximum absolute atomic E-state index is 12.6. The number of nitrogens with zero attached hydrogens (tertiary/aromatic N) is 2. The van der Waals surface area contributed by atoms with Crippen molar-refractivity contribution in [2.45, 2.75) is 12.8 Å². The molecule has 6 nitrogen and oxygen atoms in total. The molecule has 1 saturated heterocycles. The fourth-order valence-electron chi connectivity index (χ4n) is 2.99. The summed E-state index contributed by atoms with van der Waals surface area (Å²) in [5, 5.41) is 7.38. The van der Waals surface area contributed by atoms with E-state index in [-0.39, 0.29) is 11.8 Å². The fourth-order valence-corrected chi connectivity index (χ4v) is 5.30. The number of carbonyl (C=O) groups is 2. The summed E-state index contributed by atoms with van der Waals surface area (Å²) >= 11 is 6.43. The van der Waals surface area contributed by atoms with Gasteiger partial charge in [0.1, 0.15) is 16.5 Å². The predicted octanol–water partition coefficient (Wildman–Crippen LogP) is 5.02. The summed E-state index contributed by atoms with van der Waals surface area (Å²) in [5.41, 5.74) is 1.68. The molecule has 3 heterocycles. The second-order valence-electron chi connectivity index (χ2n) is 6.16. The van der Waals surface area contributed by atoms with Crippen LogP contribution in [-0.4, -0.2) is 30.5 Å². The second kappa shape index (κ2) is 8.02. The Labute approximate surface area is 178 Å². The molecule has 1 fully saturated rings. The first-order valence-electron chi connectivity index (χ1n) is 8.55. The van der Waals surface area contributed by atoms with Crippen LogP contribution in [-0.2, 0) is 4.79 Å². The standard InChI is InChI=1S/C19H16BrN3O3S2/c1-26-15-8-12(4-5-14(15)23-6-2-3-17(23)24)21-18(25)13-10-28-19(22-13)16-7-11(20)9-27-16/h4-5,7-10H,2-3,6H2,1H3,(H,21,25). The summed E-state index contributed by atoms with van der Waals surface area (Å²) < 4.78 is 6.43. The Morgan fingerprint density at radius 3 is 2.82 bits per heavy atom. The fraction of sp³-hybridized carbons (Fsp3) is 0.211. The first-order valence-corrected chi connectivity index (χ1v) is 11.1. The maximum atomic E-state index is 12.6. The molecule has 1 N–H and O–H groups in total. The molecule has 0 atom stereocenters. The van der Waals surface area contributed by atoms with Crippen molar-refractivity contribution in [3.63, 3.8) is 0 Å². The molecule has 1 aromatic carbocycles. The Hall–Kier alpha value is -2.23. The number of anilines is 2. The molecular weight excluding hydrogens is 462 g/mol. The van der Waals surface area contributed by atoms with E-state index in [1.165, 1.54) is 11.3 Å². The first kappa shape index (κ1) is 19.1. The molecule has 0 radical (unpaired) electrons. The smallest absolute Gasteiger partial charge is 0.275 e. The Bertz CT molecular complexity index is 1050. The summed E-state index contributed by atoms with van der Waals surface area (Å²) in [6, 6.07) is 7.27. The number of hydrogen-bond acceptors (Lipinski definition) is 6. The van der Waals surface area contributed by atoms with Gasteiger partial charge in [-0.25, -0.2) is 4.98 Å². The molecule has 3 aromatic rings. The SMILES string of the molecule is COc1cc(NC(=O)c2csc(-c3cc(Br)cs3)n2)ccc1N1CCCC1=O. The van der Waals surface area contributed by atoms with Gasteiger partial charge >= 0.3 is 0 Å². The van der Waals surface area contributed by atoms with E-state index in [4.69, 9.17) is 4.74 Å². The summed E-state index contributed by atoms with van der Waals surface area (Å²) in [5.74, 6) is 0.353. The van der Waals surface area contributed by atoms with Gasteiger partial charge in [0.15, 0.2) is 0 Å². The molecule has 144 valence electrons. The molecule has 9 heteroatoms. The largest absolute Gasteiger partial charge is 0.494 e. The van der Waals surface area contributed by atoms with Crippen LogP contribution in [0.4, 0.5) is 11.4 Å². The summed E-state index contributed by atoms with van der Waals surface area (Å²) in [7, 11) is 1.55. The van der Waals surface area contributed by atoms with Crippen LogP contribution in [0.15, 0.2) is 39.5 Å². The monoisotopic (exact) mass is 477 g/mol. The normalized spacial score (nSPS) is 13.8. The van der Waals surface area contributed by atoms with Crippen molar-refractivity contribution >= 4 is 61.8 Å². The number of hydrogen-bond donors (Lipinski definition) is 1. The lowest BCUT2D eigenvalue weighted by molar-refractivity contribution is -0.117. The summed E-state index contributed by atoms with van der Waals surface area (Å²) in [4.78, 5) is 31.7. The highest BCUT2D eigenvalue weighted by Crippen LogP contribution is 2.35. The Kier molecular flexibility index (Phi) is 5.47. The molecule has 28 heavy (non-hydrogen) atoms. The molecule has 4 rings (SSSR count). The van der Waals surface area contributed by atoms with Gasteiger partial charge in [0.25, 0.3) is 5.91 Å². The number of methoxy groups -OCH3 is 1. The lowest BCUT2D eigenvalue weighted by Crippen LogP contribution is -2.24. The minimum atomic E-state index is -0.287. The number of carbonyl (C=O) groups excluding carboxylic acids is 2. The minimum Gasteiger partial charge on any atom is -0.494 e. The van der Waals surface area contributed by atoms with E-state index in [1.807, 2.05) is 11.4 Å². The lowest BCUT2D eigenvalue weighted by Gasteiger charge is -2.19. The van der Waals surface area contributed by atoms with Gasteiger partial charge in [0, 0.05) is 40.0 Å². The molecule has 1 aliphatic rings. The van der Waals surface area contributed by atoms with Crippen LogP contribution in [0.25, 0.3) is 9.88 Å². The molecule has 1 aliphatic heterocycles. The summed E-state index contributed by atoms with van der Waals surface area (Å²) in [6.07, 6.45) is 1.39. The molecular formula is C19H16BrN3O3S2. The van der Waals surface area contributed by atoms with Crippen molar-refractivity contribution in [1.82, 2.24) is 4.98 Å². The van der Waals surface area contributed by atoms with Crippen LogP contribution in [0, 0.1) is 0 Å². The highest BCUT2D eigenvalue weighted by molar-refractivity contribution is 9.10. The average molecular weight is 478 g/mol. The van der Waals surface area contributed by atoms with E-state index in [9.17, 15) is 9.59 Å². The van der Waals surface area contributed by atoms with Gasteiger partial charge in [0.2, 0.25) is 5.91 Å². The van der Waals surface area contributed by atoms with Crippen LogP contribution in [0.1, 0.15) is 23.3 Å². The number of thiophene rings is 1. The number of benzene rings is 1. The first-order chi connectivity index (χ1) is 13.5. The lowest BCUT2D eigenvalue weighted by atomic mass is 10.2. The van der Waals surface area contributed by atoms with E-state index < -0.39 is 0 Å². The third kappa shape index (κ3) is 3.82. The average Bonchev–Trinajstić information content (AvgIpc) is 3.42. The van der Waals surface area contributed by atoms with Crippen LogP contribution in [0.2, 0.25) is 0 Å². The Morgan fingerprint density at radius 2 is 2.14 bits per heavy atom. The molecule has 2 amide bonds. The topological polar surface area (TPSA) is 71.5 Å². The van der Waals surface area contributed by atoms with Crippen LogP contribution < -0.4 is 15.0 Å². The number of rotatable bonds is 5. The highest BCUT2D eigenvalue weighted by atomic mass is 79.9. The zero-order chi connectivity index (χ0) is 19.7. The molecule has 0 spiro atoms. The van der Waals surface area contributed by atoms with Crippen molar-refractivity contribution in [3.05, 3.63) is 45.2 Å². The van der Waals surface area contributed by atoms with Gasteiger partial charge in [-0.2, -0.15) is 0 Å². The second-order valence-corrected chi connectivity index (χ2v) is 8.84. The van der Waals surface area contributed by atoms with Crippen molar-refractivity contribution in [2.75, 3.05) is 23.9 Å². The van der Waals surface area contributed by atoms with E-state index in [0.29, 0.717) is 30.1 Å². The van der Waals surface area contributed by atoms with Crippen LogP contribution in [0.5, 0.6) is 5.75 Å². The van der Waals surface area contributed by atoms with Crippen molar-refractivity contribution in [3.8, 4) is 15.6 Å². The van der Waals surface area contributed by atoms with Gasteiger partial charge in [-0.05, 0) is 40.5 Å². The van der Waals surface area contributed by atoms with E-state index in [0.717, 1.165) is 26.5 Å². The summed E-state index contributed by atoms with van der Waals surface area (Å²) in [6.45, 7) is 0.682. The number of ether oxygens (including phenoxy) is 1. The predicted molar refractivity (Wildman–Crippen MR) is 116 cm³/mol. The quantitative estimate of drug-likeness (QED) is 0.559. The van der Waals surface area contributed by atoms with Gasteiger partial charge < -0.3 is 15.0 Å². The number of halogens is 1. The zero-order valence-corrected chi connectivity index (χ0v) is 18.1. The highest BCUT2D eigenvalue weighted by Gasteiger charge is 2.24. The maximum Gasteiger partial charge on any atom is 0.275 e. The number of nitrogens with one attached hydrogen (secondary N) is 1. The minimum absolute atomic E-state index is 0.0882. The van der Waals surface area contributed by atoms with E-state index in [1.54, 1.807) is 46.9 Å². The van der Waals surface area contributed by atoms with Gasteiger partial charge in [-0.1, -0.05) is 0 Å². The number of aromatic nitrogens is 1. The third-order valence-corrected chi connectivity index (χ3v) is 7.02. The van der Waals surface area contributed by atoms with Crippen LogP contribution >= 0.6 is 38.6 Å². The van der Waals surface area contributed by atoms with Gasteiger partial charge in [0.05, 0.1) is 17.7 Å². The number of amides is 2. The third-order valence-electron chi connectivity index (χ3n) is 4.32. The molecule has 0 bridgehead atoms. The molecule has 0 saturated carbocycles. The van der Waals surface area contributed by atoms with E-state index in [2.05, 4.69) is 26.2 Å². The van der Waals surface area contributed by atoms with Crippen molar-refractivity contribution in [1.29, 1.82) is 0 Å². The van der Waals surface area contributed by atoms with E-state index >= 15 is 0 Å². The molecule has 0 aliphatic carbocycles. The Balaban J connectivity index is 1.52. The van der Waals surface area contributed by atoms with Crippen molar-refractivity contribution < 1.29 is 14.3 Å². The van der Waals surface area contributed by atoms with Gasteiger partial charge in [-0.3, -0.25) is 9.59 Å². The Morgan fingerprint density at radius 1 is 1.29 bits per heavy atom. The molecule has 2 aromatic heterocycles. The number of thiazole rings is 1.